The largest absolute Gasteiger partial charge is 0.353 e. The molecule has 1 saturated carbocycles. The summed E-state index contributed by atoms with van der Waals surface area (Å²) < 4.78 is 0. The van der Waals surface area contributed by atoms with E-state index in [2.05, 4.69) is 16.3 Å². The SMILES string of the molecule is Cc1nc([C@H]2CCN(Cc3cccc(Cl)c3)C2)nc(C)c1CC(=O)NC1CCCCC1. The molecule has 4 rings (SSSR count). The predicted octanol–water partition coefficient (Wildman–Crippen LogP) is 4.73. The second kappa shape index (κ2) is 10.1. The van der Waals surface area contributed by atoms with Crippen molar-refractivity contribution in [3.05, 3.63) is 57.6 Å². The Hall–Kier alpha value is -1.98. The van der Waals surface area contributed by atoms with Gasteiger partial charge in [-0.05, 0) is 57.4 Å². The van der Waals surface area contributed by atoms with Gasteiger partial charge in [0.25, 0.3) is 0 Å². The Morgan fingerprint density at radius 3 is 2.58 bits per heavy atom. The maximum absolute atomic E-state index is 12.6. The fourth-order valence-corrected chi connectivity index (χ4v) is 5.18. The van der Waals surface area contributed by atoms with Gasteiger partial charge in [0.2, 0.25) is 5.91 Å². The average Bonchev–Trinajstić information content (AvgIpc) is 3.20. The van der Waals surface area contributed by atoms with Gasteiger partial charge < -0.3 is 5.32 Å². The van der Waals surface area contributed by atoms with Crippen molar-refractivity contribution in [2.45, 2.75) is 77.3 Å². The predicted molar refractivity (Wildman–Crippen MR) is 124 cm³/mol. The number of carbonyl (C=O) groups excluding carboxylic acids is 1. The minimum Gasteiger partial charge on any atom is -0.353 e. The second-order valence-electron chi connectivity index (χ2n) is 9.16. The highest BCUT2D eigenvalue weighted by molar-refractivity contribution is 6.30. The van der Waals surface area contributed by atoms with E-state index in [1.807, 2.05) is 32.0 Å². The third kappa shape index (κ3) is 5.83. The fourth-order valence-electron chi connectivity index (χ4n) is 4.97. The van der Waals surface area contributed by atoms with Gasteiger partial charge in [-0.2, -0.15) is 0 Å². The molecule has 1 amide bonds. The molecule has 0 spiro atoms. The lowest BCUT2D eigenvalue weighted by molar-refractivity contribution is -0.121. The fraction of sp³-hybridized carbons (Fsp3) is 0.560. The minimum atomic E-state index is 0.100. The van der Waals surface area contributed by atoms with Crippen molar-refractivity contribution in [3.63, 3.8) is 0 Å². The van der Waals surface area contributed by atoms with Gasteiger partial charge in [0.1, 0.15) is 5.82 Å². The Balaban J connectivity index is 1.37. The van der Waals surface area contributed by atoms with Crippen molar-refractivity contribution in [2.75, 3.05) is 13.1 Å². The summed E-state index contributed by atoms with van der Waals surface area (Å²) >= 11 is 6.13. The van der Waals surface area contributed by atoms with Gasteiger partial charge >= 0.3 is 0 Å². The molecule has 31 heavy (non-hydrogen) atoms. The number of rotatable bonds is 6. The van der Waals surface area contributed by atoms with Crippen LogP contribution in [0.25, 0.3) is 0 Å². The van der Waals surface area contributed by atoms with Gasteiger partial charge in [-0.25, -0.2) is 9.97 Å². The van der Waals surface area contributed by atoms with Crippen LogP contribution in [0.5, 0.6) is 0 Å². The number of aromatic nitrogens is 2. The van der Waals surface area contributed by atoms with Crippen molar-refractivity contribution >= 4 is 17.5 Å². The smallest absolute Gasteiger partial charge is 0.224 e. The summed E-state index contributed by atoms with van der Waals surface area (Å²) in [6.07, 6.45) is 7.37. The molecule has 2 aromatic rings. The van der Waals surface area contributed by atoms with Gasteiger partial charge in [0.15, 0.2) is 0 Å². The van der Waals surface area contributed by atoms with E-state index >= 15 is 0 Å². The van der Waals surface area contributed by atoms with Crippen molar-refractivity contribution in [3.8, 4) is 0 Å². The van der Waals surface area contributed by atoms with E-state index < -0.39 is 0 Å². The molecule has 1 aromatic heterocycles. The van der Waals surface area contributed by atoms with E-state index in [-0.39, 0.29) is 5.91 Å². The van der Waals surface area contributed by atoms with Crippen LogP contribution in [0.4, 0.5) is 0 Å². The van der Waals surface area contributed by atoms with Gasteiger partial charge in [-0.15, -0.1) is 0 Å². The zero-order valence-corrected chi connectivity index (χ0v) is 19.4. The second-order valence-corrected chi connectivity index (χ2v) is 9.60. The van der Waals surface area contributed by atoms with E-state index in [4.69, 9.17) is 21.6 Å². The average molecular weight is 441 g/mol. The summed E-state index contributed by atoms with van der Waals surface area (Å²) in [4.78, 5) is 24.7. The molecule has 1 saturated heterocycles. The molecule has 0 bridgehead atoms. The third-order valence-electron chi connectivity index (χ3n) is 6.68. The number of amides is 1. The molecule has 6 heteroatoms. The summed E-state index contributed by atoms with van der Waals surface area (Å²) in [7, 11) is 0. The zero-order valence-electron chi connectivity index (χ0n) is 18.7. The maximum Gasteiger partial charge on any atom is 0.224 e. The van der Waals surface area contributed by atoms with Crippen molar-refractivity contribution in [1.82, 2.24) is 20.2 Å². The summed E-state index contributed by atoms with van der Waals surface area (Å²) in [5, 5.41) is 4.00. The Morgan fingerprint density at radius 2 is 1.87 bits per heavy atom. The van der Waals surface area contributed by atoms with Crippen LogP contribution in [-0.2, 0) is 17.8 Å². The lowest BCUT2D eigenvalue weighted by Crippen LogP contribution is -2.37. The Morgan fingerprint density at radius 1 is 1.13 bits per heavy atom. The van der Waals surface area contributed by atoms with E-state index in [0.717, 1.165) is 66.7 Å². The van der Waals surface area contributed by atoms with Crippen LogP contribution in [0.15, 0.2) is 24.3 Å². The lowest BCUT2D eigenvalue weighted by atomic mass is 9.95. The number of benzene rings is 1. The van der Waals surface area contributed by atoms with Gasteiger partial charge in [-0.3, -0.25) is 9.69 Å². The van der Waals surface area contributed by atoms with Crippen LogP contribution < -0.4 is 5.32 Å². The lowest BCUT2D eigenvalue weighted by Gasteiger charge is -2.23. The normalized spacial score (nSPS) is 20.2. The van der Waals surface area contributed by atoms with Crippen molar-refractivity contribution in [2.24, 2.45) is 0 Å². The first-order valence-corrected chi connectivity index (χ1v) is 12.0. The molecular formula is C25H33ClN4O. The molecule has 0 unspecified atom stereocenters. The van der Waals surface area contributed by atoms with Crippen LogP contribution in [-0.4, -0.2) is 39.9 Å². The van der Waals surface area contributed by atoms with E-state index in [9.17, 15) is 4.79 Å². The number of likely N-dealkylation sites (tertiary alicyclic amines) is 1. The van der Waals surface area contributed by atoms with Crippen LogP contribution >= 0.6 is 11.6 Å². The number of nitrogens with zero attached hydrogens (tertiary/aromatic N) is 3. The number of halogens is 1. The van der Waals surface area contributed by atoms with E-state index in [1.165, 1.54) is 24.8 Å². The van der Waals surface area contributed by atoms with Crippen molar-refractivity contribution < 1.29 is 4.79 Å². The van der Waals surface area contributed by atoms with Crippen LogP contribution in [0, 0.1) is 13.8 Å². The molecule has 166 valence electrons. The Kier molecular flexibility index (Phi) is 7.24. The van der Waals surface area contributed by atoms with E-state index in [1.54, 1.807) is 0 Å². The third-order valence-corrected chi connectivity index (χ3v) is 6.91. The number of nitrogens with one attached hydrogen (secondary N) is 1. The molecule has 1 aliphatic heterocycles. The minimum absolute atomic E-state index is 0.100. The number of carbonyl (C=O) groups is 1. The molecule has 2 fully saturated rings. The molecule has 1 N–H and O–H groups in total. The van der Waals surface area contributed by atoms with Gasteiger partial charge in [0, 0.05) is 47.0 Å². The molecule has 0 radical (unpaired) electrons. The zero-order chi connectivity index (χ0) is 21.8. The van der Waals surface area contributed by atoms with Gasteiger partial charge in [-0.1, -0.05) is 43.0 Å². The molecule has 2 aliphatic rings. The first-order chi connectivity index (χ1) is 15.0. The number of hydrogen-bond acceptors (Lipinski definition) is 4. The topological polar surface area (TPSA) is 58.1 Å². The molecule has 2 heterocycles. The van der Waals surface area contributed by atoms with Crippen molar-refractivity contribution in [1.29, 1.82) is 0 Å². The first kappa shape index (κ1) is 22.2. The Labute approximate surface area is 190 Å². The highest BCUT2D eigenvalue weighted by Gasteiger charge is 2.27. The summed E-state index contributed by atoms with van der Waals surface area (Å²) in [5.74, 6) is 1.35. The quantitative estimate of drug-likeness (QED) is 0.705. The number of hydrogen-bond donors (Lipinski definition) is 1. The van der Waals surface area contributed by atoms with E-state index in [0.29, 0.717) is 18.4 Å². The highest BCUT2D eigenvalue weighted by atomic mass is 35.5. The monoisotopic (exact) mass is 440 g/mol. The van der Waals surface area contributed by atoms with Crippen LogP contribution in [0.1, 0.15) is 72.8 Å². The van der Waals surface area contributed by atoms with Crippen LogP contribution in [0.2, 0.25) is 5.02 Å². The number of aryl methyl sites for hydroxylation is 2. The summed E-state index contributed by atoms with van der Waals surface area (Å²) in [6.45, 7) is 6.91. The maximum atomic E-state index is 12.6. The highest BCUT2D eigenvalue weighted by Crippen LogP contribution is 2.28. The van der Waals surface area contributed by atoms with Crippen LogP contribution in [0.3, 0.4) is 0 Å². The molecule has 5 nitrogen and oxygen atoms in total. The first-order valence-electron chi connectivity index (χ1n) is 11.6. The summed E-state index contributed by atoms with van der Waals surface area (Å²) in [5.41, 5.74) is 4.09. The molecule has 1 atom stereocenters. The standard InChI is InChI=1S/C25H33ClN4O/c1-17-23(14-24(31)29-22-9-4-3-5-10-22)18(2)28-25(27-17)20-11-12-30(16-20)15-19-7-6-8-21(26)13-19/h6-8,13,20,22H,3-5,9-12,14-16H2,1-2H3,(H,29,31)/t20-/m0/s1. The Bertz CT molecular complexity index is 902. The molecule has 1 aliphatic carbocycles. The molecular weight excluding hydrogens is 408 g/mol. The molecule has 1 aromatic carbocycles. The van der Waals surface area contributed by atoms with Gasteiger partial charge in [0.05, 0.1) is 6.42 Å². The summed E-state index contributed by atoms with van der Waals surface area (Å²) in [6, 6.07) is 8.41.